The summed E-state index contributed by atoms with van der Waals surface area (Å²) in [4.78, 5) is 2.39. The minimum atomic E-state index is -0.0416. The third-order valence-electron chi connectivity index (χ3n) is 10.0. The number of furan rings is 1. The second-order valence-corrected chi connectivity index (χ2v) is 14.1. The van der Waals surface area contributed by atoms with Crippen LogP contribution < -0.4 is 4.90 Å². The van der Waals surface area contributed by atoms with Crippen LogP contribution >= 0.6 is 11.3 Å². The van der Waals surface area contributed by atoms with Crippen LogP contribution in [0.2, 0.25) is 0 Å². The van der Waals surface area contributed by atoms with Gasteiger partial charge in [-0.25, -0.2) is 0 Å². The molecule has 0 bridgehead atoms. The topological polar surface area (TPSA) is 16.4 Å². The number of thiophene rings is 1. The van der Waals surface area contributed by atoms with Crippen molar-refractivity contribution >= 4 is 81.3 Å². The summed E-state index contributed by atoms with van der Waals surface area (Å²) in [6.45, 7) is 4.67. The van der Waals surface area contributed by atoms with Crippen LogP contribution in [0, 0.1) is 0 Å². The van der Waals surface area contributed by atoms with Gasteiger partial charge in [0.1, 0.15) is 11.2 Å². The molecule has 1 aliphatic rings. The van der Waals surface area contributed by atoms with Crippen molar-refractivity contribution < 1.29 is 4.42 Å². The Labute approximate surface area is 270 Å². The van der Waals surface area contributed by atoms with E-state index >= 15 is 0 Å². The molecule has 0 spiro atoms. The molecule has 3 heteroatoms. The van der Waals surface area contributed by atoms with Crippen LogP contribution in [-0.2, 0) is 5.41 Å². The molecule has 2 nitrogen and oxygen atoms in total. The molecule has 9 aromatic rings. The van der Waals surface area contributed by atoms with Crippen molar-refractivity contribution in [1.29, 1.82) is 0 Å². The first-order valence-electron chi connectivity index (χ1n) is 15.8. The molecule has 0 atom stereocenters. The fraction of sp³-hybridized carbons (Fsp3) is 0.0698. The smallest absolute Gasteiger partial charge is 0.137 e. The Kier molecular flexibility index (Phi) is 5.25. The van der Waals surface area contributed by atoms with Gasteiger partial charge in [0, 0.05) is 59.5 Å². The van der Waals surface area contributed by atoms with Gasteiger partial charge >= 0.3 is 0 Å². The molecule has 7 aromatic carbocycles. The second kappa shape index (κ2) is 9.32. The van der Waals surface area contributed by atoms with Crippen molar-refractivity contribution in [2.75, 3.05) is 4.90 Å². The lowest BCUT2D eigenvalue weighted by Crippen LogP contribution is -2.15. The average Bonchev–Trinajstić information content (AvgIpc) is 3.71. The van der Waals surface area contributed by atoms with Crippen molar-refractivity contribution in [3.05, 3.63) is 151 Å². The molecule has 2 aromatic heterocycles. The van der Waals surface area contributed by atoms with Gasteiger partial charge in [-0.05, 0) is 93.7 Å². The number of hydrogen-bond acceptors (Lipinski definition) is 3. The van der Waals surface area contributed by atoms with E-state index in [0.29, 0.717) is 0 Å². The largest absolute Gasteiger partial charge is 0.456 e. The highest BCUT2D eigenvalue weighted by atomic mass is 32.1. The molecule has 2 heterocycles. The zero-order valence-corrected chi connectivity index (χ0v) is 26.4. The summed E-state index contributed by atoms with van der Waals surface area (Å²) in [5.41, 5.74) is 10.5. The van der Waals surface area contributed by atoms with Crippen LogP contribution in [0.3, 0.4) is 0 Å². The normalized spacial score (nSPS) is 13.6. The number of benzene rings is 7. The van der Waals surface area contributed by atoms with Gasteiger partial charge in [-0.1, -0.05) is 86.6 Å². The monoisotopic (exact) mass is 607 g/mol. The predicted octanol–water partition coefficient (Wildman–Crippen LogP) is 12.9. The van der Waals surface area contributed by atoms with Gasteiger partial charge < -0.3 is 9.32 Å². The molecule has 0 fully saturated rings. The predicted molar refractivity (Wildman–Crippen MR) is 196 cm³/mol. The molecule has 0 aliphatic heterocycles. The Bertz CT molecular complexity index is 2690. The molecule has 0 amide bonds. The summed E-state index contributed by atoms with van der Waals surface area (Å²) in [5, 5.41) is 7.40. The number of rotatable bonds is 3. The Balaban J connectivity index is 1.21. The molecule has 0 saturated carbocycles. The van der Waals surface area contributed by atoms with Crippen LogP contribution in [0.15, 0.2) is 144 Å². The van der Waals surface area contributed by atoms with Gasteiger partial charge in [0.05, 0.1) is 0 Å². The number of para-hydroxylation sites is 1. The third-order valence-corrected chi connectivity index (χ3v) is 11.2. The molecule has 0 radical (unpaired) electrons. The van der Waals surface area contributed by atoms with Crippen molar-refractivity contribution in [1.82, 2.24) is 0 Å². The fourth-order valence-corrected chi connectivity index (χ4v) is 8.88. The Hall–Kier alpha value is -5.38. The van der Waals surface area contributed by atoms with Crippen molar-refractivity contribution in [3.63, 3.8) is 0 Å². The van der Waals surface area contributed by atoms with Crippen LogP contribution in [0.25, 0.3) is 64.0 Å². The standard InChI is InChI=1S/C43H29NOS/c1-43(2)37-12-6-3-9-31(37)35-24-29(18-20-38(35)43)44(30-17-19-33-32-10-4-7-13-39(32)45-40(33)25-30)28-16-15-26-23-42-36(22-27(26)21-28)34-11-5-8-14-41(34)46-42/h3-25H,1-2H3. The Morgan fingerprint density at radius 2 is 1.17 bits per heavy atom. The average molecular weight is 608 g/mol. The molecule has 0 unspecified atom stereocenters. The van der Waals surface area contributed by atoms with E-state index in [1.165, 1.54) is 53.2 Å². The molecule has 0 saturated heterocycles. The number of hydrogen-bond donors (Lipinski definition) is 0. The van der Waals surface area contributed by atoms with Gasteiger partial charge in [0.25, 0.3) is 0 Å². The van der Waals surface area contributed by atoms with Crippen LogP contribution in [0.5, 0.6) is 0 Å². The van der Waals surface area contributed by atoms with Gasteiger partial charge in [-0.15, -0.1) is 11.3 Å². The van der Waals surface area contributed by atoms with Crippen LogP contribution in [-0.4, -0.2) is 0 Å². The first-order valence-corrected chi connectivity index (χ1v) is 16.7. The van der Waals surface area contributed by atoms with Gasteiger partial charge in [0.2, 0.25) is 0 Å². The molecule has 1 aliphatic carbocycles. The van der Waals surface area contributed by atoms with E-state index in [9.17, 15) is 0 Å². The van der Waals surface area contributed by atoms with Gasteiger partial charge in [0.15, 0.2) is 0 Å². The summed E-state index contributed by atoms with van der Waals surface area (Å²) in [6.07, 6.45) is 0. The maximum atomic E-state index is 6.39. The lowest BCUT2D eigenvalue weighted by Gasteiger charge is -2.27. The summed E-state index contributed by atoms with van der Waals surface area (Å²) < 4.78 is 9.04. The fourth-order valence-electron chi connectivity index (χ4n) is 7.74. The van der Waals surface area contributed by atoms with Gasteiger partial charge in [-0.2, -0.15) is 0 Å². The first-order chi connectivity index (χ1) is 22.5. The summed E-state index contributed by atoms with van der Waals surface area (Å²) in [6, 6.07) is 51.1. The molecular weight excluding hydrogens is 579 g/mol. The maximum Gasteiger partial charge on any atom is 0.137 e. The van der Waals surface area contributed by atoms with Crippen LogP contribution in [0.4, 0.5) is 17.1 Å². The zero-order valence-electron chi connectivity index (χ0n) is 25.5. The SMILES string of the molecule is CC1(C)c2ccccc2-c2cc(N(c3ccc4cc5sc6ccccc6c5cc4c3)c3ccc4c(c3)oc3ccccc34)ccc21. The highest BCUT2D eigenvalue weighted by Gasteiger charge is 2.35. The number of anilines is 3. The zero-order chi connectivity index (χ0) is 30.6. The number of fused-ring (bicyclic) bond motifs is 10. The molecule has 0 N–H and O–H groups in total. The van der Waals surface area contributed by atoms with Crippen molar-refractivity contribution in [3.8, 4) is 11.1 Å². The third kappa shape index (κ3) is 3.64. The molecule has 46 heavy (non-hydrogen) atoms. The van der Waals surface area contributed by atoms with Gasteiger partial charge in [-0.3, -0.25) is 0 Å². The lowest BCUT2D eigenvalue weighted by molar-refractivity contribution is 0.660. The van der Waals surface area contributed by atoms with Crippen molar-refractivity contribution in [2.45, 2.75) is 19.3 Å². The van der Waals surface area contributed by atoms with Crippen LogP contribution in [0.1, 0.15) is 25.0 Å². The molecular formula is C43H29NOS. The highest BCUT2D eigenvalue weighted by Crippen LogP contribution is 2.51. The number of nitrogens with zero attached hydrogens (tertiary/aromatic N) is 1. The van der Waals surface area contributed by atoms with E-state index in [0.717, 1.165) is 39.0 Å². The van der Waals surface area contributed by atoms with E-state index in [1.807, 2.05) is 23.5 Å². The van der Waals surface area contributed by atoms with E-state index in [1.54, 1.807) is 0 Å². The molecule has 218 valence electrons. The van der Waals surface area contributed by atoms with E-state index < -0.39 is 0 Å². The maximum absolute atomic E-state index is 6.39. The van der Waals surface area contributed by atoms with E-state index in [2.05, 4.69) is 146 Å². The van der Waals surface area contributed by atoms with E-state index in [4.69, 9.17) is 4.42 Å². The first kappa shape index (κ1) is 25.9. The Morgan fingerprint density at radius 3 is 2.11 bits per heavy atom. The Morgan fingerprint density at radius 1 is 0.478 bits per heavy atom. The summed E-state index contributed by atoms with van der Waals surface area (Å²) in [5.74, 6) is 0. The molecule has 10 rings (SSSR count). The highest BCUT2D eigenvalue weighted by molar-refractivity contribution is 7.25. The summed E-state index contributed by atoms with van der Waals surface area (Å²) >= 11 is 1.87. The minimum absolute atomic E-state index is 0.0416. The second-order valence-electron chi connectivity index (χ2n) is 13.0. The lowest BCUT2D eigenvalue weighted by atomic mass is 9.82. The minimum Gasteiger partial charge on any atom is -0.456 e. The summed E-state index contributed by atoms with van der Waals surface area (Å²) in [7, 11) is 0. The van der Waals surface area contributed by atoms with E-state index in [-0.39, 0.29) is 5.41 Å². The van der Waals surface area contributed by atoms with Crippen molar-refractivity contribution in [2.24, 2.45) is 0 Å². The quantitative estimate of drug-likeness (QED) is 0.199.